The largest absolute Gasteiger partial charge is 0.496 e. The number of aromatic amines is 1. The first-order valence-corrected chi connectivity index (χ1v) is 5.25. The highest BCUT2D eigenvalue weighted by Gasteiger charge is 2.16. The maximum atomic E-state index is 10.1. The minimum absolute atomic E-state index is 0.578. The molecule has 0 aliphatic rings. The fourth-order valence-electron chi connectivity index (χ4n) is 1.59. The molecule has 2 aromatic rings. The minimum atomic E-state index is -0.734. The Morgan fingerprint density at radius 1 is 1.38 bits per heavy atom. The summed E-state index contributed by atoms with van der Waals surface area (Å²) >= 11 is 5.86. The Balaban J connectivity index is 2.40. The van der Waals surface area contributed by atoms with Gasteiger partial charge < -0.3 is 14.8 Å². The summed E-state index contributed by atoms with van der Waals surface area (Å²) in [6.07, 6.45) is 1.03. The van der Waals surface area contributed by atoms with Crippen molar-refractivity contribution in [2.75, 3.05) is 7.11 Å². The summed E-state index contributed by atoms with van der Waals surface area (Å²) < 4.78 is 5.19. The highest BCUT2D eigenvalue weighted by molar-refractivity contribution is 6.30. The summed E-state index contributed by atoms with van der Waals surface area (Å²) in [4.78, 5) is 2.96. The molecule has 0 amide bonds. The molecule has 0 fully saturated rings. The third kappa shape index (κ3) is 2.05. The minimum Gasteiger partial charge on any atom is -0.496 e. The lowest BCUT2D eigenvalue weighted by molar-refractivity contribution is 0.210. The SMILES string of the molecule is COc1cc(Cl)ccc1C(O)c1ccc[nH]1. The van der Waals surface area contributed by atoms with Gasteiger partial charge in [0.25, 0.3) is 0 Å². The van der Waals surface area contributed by atoms with Crippen molar-refractivity contribution >= 4 is 11.6 Å². The van der Waals surface area contributed by atoms with Crippen LogP contribution in [0.15, 0.2) is 36.5 Å². The van der Waals surface area contributed by atoms with Crippen LogP contribution in [0.5, 0.6) is 5.75 Å². The molecule has 1 atom stereocenters. The molecule has 4 heteroatoms. The van der Waals surface area contributed by atoms with Crippen molar-refractivity contribution < 1.29 is 9.84 Å². The van der Waals surface area contributed by atoms with Gasteiger partial charge in [-0.3, -0.25) is 0 Å². The standard InChI is InChI=1S/C12H12ClNO2/c1-16-11-7-8(13)4-5-9(11)12(15)10-3-2-6-14-10/h2-7,12,14-15H,1H3. The van der Waals surface area contributed by atoms with E-state index in [9.17, 15) is 5.11 Å². The Labute approximate surface area is 98.6 Å². The van der Waals surface area contributed by atoms with Crippen LogP contribution in [0.2, 0.25) is 5.02 Å². The average Bonchev–Trinajstić information content (AvgIpc) is 2.81. The predicted molar refractivity (Wildman–Crippen MR) is 62.9 cm³/mol. The van der Waals surface area contributed by atoms with E-state index in [1.165, 1.54) is 0 Å². The number of methoxy groups -OCH3 is 1. The van der Waals surface area contributed by atoms with Gasteiger partial charge in [0.15, 0.2) is 0 Å². The molecule has 0 radical (unpaired) electrons. The highest BCUT2D eigenvalue weighted by Crippen LogP contribution is 2.31. The number of aliphatic hydroxyl groups is 1. The molecule has 0 saturated heterocycles. The molecule has 1 aromatic heterocycles. The predicted octanol–water partition coefficient (Wildman–Crippen LogP) is 2.76. The van der Waals surface area contributed by atoms with Crippen molar-refractivity contribution in [2.24, 2.45) is 0 Å². The van der Waals surface area contributed by atoms with Gasteiger partial charge in [-0.1, -0.05) is 17.7 Å². The van der Waals surface area contributed by atoms with E-state index in [2.05, 4.69) is 4.98 Å². The van der Waals surface area contributed by atoms with Crippen LogP contribution in [0, 0.1) is 0 Å². The van der Waals surface area contributed by atoms with Crippen LogP contribution in [-0.2, 0) is 0 Å². The van der Waals surface area contributed by atoms with E-state index in [-0.39, 0.29) is 0 Å². The molecule has 0 spiro atoms. The summed E-state index contributed by atoms with van der Waals surface area (Å²) in [6.45, 7) is 0. The van der Waals surface area contributed by atoms with Crippen molar-refractivity contribution in [1.29, 1.82) is 0 Å². The molecule has 1 unspecified atom stereocenters. The number of halogens is 1. The molecule has 2 rings (SSSR count). The highest BCUT2D eigenvalue weighted by atomic mass is 35.5. The van der Waals surface area contributed by atoms with Crippen molar-refractivity contribution in [3.63, 3.8) is 0 Å². The van der Waals surface area contributed by atoms with Gasteiger partial charge in [-0.05, 0) is 24.3 Å². The molecular weight excluding hydrogens is 226 g/mol. The molecule has 84 valence electrons. The zero-order valence-corrected chi connectivity index (χ0v) is 9.53. The Hall–Kier alpha value is -1.45. The van der Waals surface area contributed by atoms with Crippen molar-refractivity contribution in [3.8, 4) is 5.75 Å². The summed E-state index contributed by atoms with van der Waals surface area (Å²) in [6, 6.07) is 8.82. The third-order valence-electron chi connectivity index (χ3n) is 2.41. The molecule has 2 N–H and O–H groups in total. The van der Waals surface area contributed by atoms with Crippen molar-refractivity contribution in [1.82, 2.24) is 4.98 Å². The Morgan fingerprint density at radius 3 is 2.81 bits per heavy atom. The van der Waals surface area contributed by atoms with Crippen molar-refractivity contribution in [3.05, 3.63) is 52.8 Å². The molecule has 3 nitrogen and oxygen atoms in total. The van der Waals surface area contributed by atoms with E-state index in [0.29, 0.717) is 16.3 Å². The molecule has 0 aliphatic heterocycles. The van der Waals surface area contributed by atoms with Crippen LogP contribution < -0.4 is 4.74 Å². The lowest BCUT2D eigenvalue weighted by Crippen LogP contribution is -2.02. The van der Waals surface area contributed by atoms with Crippen LogP contribution in [0.1, 0.15) is 17.4 Å². The monoisotopic (exact) mass is 237 g/mol. The number of ether oxygens (including phenoxy) is 1. The summed E-state index contributed by atoms with van der Waals surface area (Å²) in [7, 11) is 1.55. The van der Waals surface area contributed by atoms with Crippen LogP contribution in [0.4, 0.5) is 0 Å². The number of benzene rings is 1. The zero-order valence-electron chi connectivity index (χ0n) is 8.77. The molecule has 0 aliphatic carbocycles. The Kier molecular flexibility index (Phi) is 3.17. The Morgan fingerprint density at radius 2 is 2.19 bits per heavy atom. The number of nitrogens with one attached hydrogen (secondary N) is 1. The van der Waals surface area contributed by atoms with E-state index in [0.717, 1.165) is 5.69 Å². The second-order valence-electron chi connectivity index (χ2n) is 3.41. The fourth-order valence-corrected chi connectivity index (χ4v) is 1.75. The number of aromatic nitrogens is 1. The number of hydrogen-bond acceptors (Lipinski definition) is 2. The lowest BCUT2D eigenvalue weighted by Gasteiger charge is -2.13. The molecule has 0 bridgehead atoms. The summed E-state index contributed by atoms with van der Waals surface area (Å²) in [5, 5.41) is 10.7. The van der Waals surface area contributed by atoms with Crippen LogP contribution >= 0.6 is 11.6 Å². The van der Waals surface area contributed by atoms with Crippen LogP contribution in [0.25, 0.3) is 0 Å². The smallest absolute Gasteiger partial charge is 0.126 e. The summed E-state index contributed by atoms with van der Waals surface area (Å²) in [5.74, 6) is 0.578. The first kappa shape index (κ1) is 11.0. The van der Waals surface area contributed by atoms with Gasteiger partial charge in [-0.15, -0.1) is 0 Å². The second kappa shape index (κ2) is 4.60. The molecule has 16 heavy (non-hydrogen) atoms. The molecule has 0 saturated carbocycles. The van der Waals surface area contributed by atoms with Crippen LogP contribution in [0.3, 0.4) is 0 Å². The van der Waals surface area contributed by atoms with Crippen LogP contribution in [-0.4, -0.2) is 17.2 Å². The fraction of sp³-hybridized carbons (Fsp3) is 0.167. The Bertz CT molecular complexity index is 468. The zero-order chi connectivity index (χ0) is 11.5. The van der Waals surface area contributed by atoms with E-state index in [4.69, 9.17) is 16.3 Å². The maximum Gasteiger partial charge on any atom is 0.126 e. The lowest BCUT2D eigenvalue weighted by atomic mass is 10.1. The van der Waals surface area contributed by atoms with Gasteiger partial charge in [0.2, 0.25) is 0 Å². The number of H-pyrrole nitrogens is 1. The maximum absolute atomic E-state index is 10.1. The van der Waals surface area contributed by atoms with E-state index >= 15 is 0 Å². The van der Waals surface area contributed by atoms with E-state index in [1.54, 1.807) is 31.5 Å². The van der Waals surface area contributed by atoms with Gasteiger partial charge in [-0.25, -0.2) is 0 Å². The first-order valence-electron chi connectivity index (χ1n) is 4.87. The van der Waals surface area contributed by atoms with Crippen molar-refractivity contribution in [2.45, 2.75) is 6.10 Å². The quantitative estimate of drug-likeness (QED) is 0.862. The second-order valence-corrected chi connectivity index (χ2v) is 3.85. The number of aliphatic hydroxyl groups excluding tert-OH is 1. The topological polar surface area (TPSA) is 45.2 Å². The molecule has 1 heterocycles. The number of rotatable bonds is 3. The molecule has 1 aromatic carbocycles. The van der Waals surface area contributed by atoms with Gasteiger partial charge in [0, 0.05) is 22.5 Å². The number of hydrogen-bond donors (Lipinski definition) is 2. The van der Waals surface area contributed by atoms with Gasteiger partial charge in [0.05, 0.1) is 7.11 Å². The normalized spacial score (nSPS) is 12.4. The van der Waals surface area contributed by atoms with E-state index < -0.39 is 6.10 Å². The van der Waals surface area contributed by atoms with E-state index in [1.807, 2.05) is 12.1 Å². The van der Waals surface area contributed by atoms with Gasteiger partial charge >= 0.3 is 0 Å². The summed E-state index contributed by atoms with van der Waals surface area (Å²) in [5.41, 5.74) is 1.41. The van der Waals surface area contributed by atoms with Gasteiger partial charge in [-0.2, -0.15) is 0 Å². The first-order chi connectivity index (χ1) is 7.72. The average molecular weight is 238 g/mol. The third-order valence-corrected chi connectivity index (χ3v) is 2.64. The van der Waals surface area contributed by atoms with Gasteiger partial charge in [0.1, 0.15) is 11.9 Å². The molecular formula is C12H12ClNO2.